The van der Waals surface area contributed by atoms with E-state index in [4.69, 9.17) is 0 Å². The summed E-state index contributed by atoms with van der Waals surface area (Å²) in [5.41, 5.74) is 17.7. The standard InChI is InChI=1S/C63H54BN2S/c1-3-5-9-19-41-29-33-46(34-30-41)65-54-39-51-58(67-57-36-32-43-21-15-16-26-47(43)60(51)57)40-49(54)50-38-52(59(44-22-11-7-12-23-44)45-24-13-8-14-25-45)61-48-27-17-18-28-55(48)66-56-35-31-42(20-10-6-4-2)37-53(56)64-62(50)63(61)66/h7-8,11-18,21-40,59,65H,3-6,9-10,19-20H2,1-2H3. The van der Waals surface area contributed by atoms with Gasteiger partial charge in [0.2, 0.25) is 0 Å². The number of hydrogen-bond acceptors (Lipinski definition) is 2. The van der Waals surface area contributed by atoms with Crippen molar-refractivity contribution in [2.45, 2.75) is 71.1 Å². The lowest BCUT2D eigenvalue weighted by atomic mass is 9.58. The van der Waals surface area contributed by atoms with Gasteiger partial charge in [-0.2, -0.15) is 0 Å². The molecule has 1 radical (unpaired) electrons. The molecule has 11 aromatic rings. The second kappa shape index (κ2) is 17.7. The highest BCUT2D eigenvalue weighted by Crippen LogP contribution is 2.48. The first-order valence-electron chi connectivity index (χ1n) is 24.6. The van der Waals surface area contributed by atoms with Crippen LogP contribution in [0.5, 0.6) is 0 Å². The molecule has 3 heterocycles. The highest BCUT2D eigenvalue weighted by Gasteiger charge is 2.32. The Kier molecular flexibility index (Phi) is 11.0. The van der Waals surface area contributed by atoms with Crippen LogP contribution >= 0.6 is 11.3 Å². The Hall–Kier alpha value is -6.88. The molecule has 0 amide bonds. The van der Waals surface area contributed by atoms with E-state index in [1.807, 2.05) is 11.3 Å². The van der Waals surface area contributed by atoms with Crippen LogP contribution in [-0.2, 0) is 12.8 Å². The Morgan fingerprint density at radius 1 is 0.537 bits per heavy atom. The number of nitrogens with one attached hydrogen (secondary N) is 1. The molecule has 0 atom stereocenters. The minimum absolute atomic E-state index is 0.00659. The summed E-state index contributed by atoms with van der Waals surface area (Å²) in [6.45, 7) is 4.57. The van der Waals surface area contributed by atoms with E-state index >= 15 is 0 Å². The lowest BCUT2D eigenvalue weighted by molar-refractivity contribution is 0.717. The molecule has 0 unspecified atom stereocenters. The second-order valence-corrected chi connectivity index (χ2v) is 19.8. The van der Waals surface area contributed by atoms with E-state index in [0.717, 1.165) is 24.2 Å². The van der Waals surface area contributed by atoms with E-state index in [1.165, 1.54) is 147 Å². The molecule has 12 rings (SSSR count). The van der Waals surface area contributed by atoms with Gasteiger partial charge in [0.25, 0.3) is 0 Å². The van der Waals surface area contributed by atoms with Crippen molar-refractivity contribution in [1.29, 1.82) is 0 Å². The van der Waals surface area contributed by atoms with Gasteiger partial charge in [0.15, 0.2) is 7.28 Å². The molecule has 1 N–H and O–H groups in total. The van der Waals surface area contributed by atoms with Crippen molar-refractivity contribution in [3.63, 3.8) is 0 Å². The maximum absolute atomic E-state index is 4.07. The lowest BCUT2D eigenvalue weighted by Crippen LogP contribution is -2.38. The third kappa shape index (κ3) is 7.43. The summed E-state index contributed by atoms with van der Waals surface area (Å²) in [5.74, 6) is -0.00659. The van der Waals surface area contributed by atoms with Gasteiger partial charge in [0.05, 0.1) is 5.52 Å². The van der Waals surface area contributed by atoms with Crippen LogP contribution in [0.15, 0.2) is 182 Å². The molecule has 1 aliphatic heterocycles. The number of fused-ring (bicyclic) bond motifs is 10. The van der Waals surface area contributed by atoms with Gasteiger partial charge in [-0.25, -0.2) is 0 Å². The van der Waals surface area contributed by atoms with Gasteiger partial charge in [-0.05, 0) is 124 Å². The van der Waals surface area contributed by atoms with Gasteiger partial charge in [-0.1, -0.05) is 178 Å². The molecule has 0 saturated carbocycles. The quantitative estimate of drug-likeness (QED) is 0.0654. The third-order valence-corrected chi connectivity index (χ3v) is 15.5. The predicted molar refractivity (Wildman–Crippen MR) is 292 cm³/mol. The second-order valence-electron chi connectivity index (χ2n) is 18.7. The summed E-state index contributed by atoms with van der Waals surface area (Å²) < 4.78 is 5.21. The fourth-order valence-electron chi connectivity index (χ4n) is 11.1. The molecule has 2 nitrogen and oxygen atoms in total. The van der Waals surface area contributed by atoms with Crippen molar-refractivity contribution < 1.29 is 0 Å². The molecule has 2 aromatic heterocycles. The molecule has 9 aromatic carbocycles. The smallest absolute Gasteiger partial charge is 0.197 e. The zero-order valence-corrected chi connectivity index (χ0v) is 39.3. The van der Waals surface area contributed by atoms with Crippen molar-refractivity contribution in [3.05, 3.63) is 210 Å². The Balaban J connectivity index is 1.17. The molecule has 325 valence electrons. The number of rotatable bonds is 14. The molecule has 4 heteroatoms. The fourth-order valence-corrected chi connectivity index (χ4v) is 12.3. The number of thiophene rings is 1. The van der Waals surface area contributed by atoms with Crippen molar-refractivity contribution in [1.82, 2.24) is 4.57 Å². The van der Waals surface area contributed by atoms with Crippen LogP contribution < -0.4 is 16.2 Å². The van der Waals surface area contributed by atoms with E-state index in [9.17, 15) is 0 Å². The van der Waals surface area contributed by atoms with E-state index in [-0.39, 0.29) is 5.92 Å². The molecular formula is C63H54BN2S. The summed E-state index contributed by atoms with van der Waals surface area (Å²) in [6.07, 6.45) is 9.59. The number of benzene rings is 9. The largest absolute Gasteiger partial charge is 0.355 e. The highest BCUT2D eigenvalue weighted by atomic mass is 32.1. The summed E-state index contributed by atoms with van der Waals surface area (Å²) >= 11 is 1.91. The summed E-state index contributed by atoms with van der Waals surface area (Å²) in [5, 5.41) is 11.9. The molecule has 0 fully saturated rings. The minimum Gasteiger partial charge on any atom is -0.355 e. The molecule has 0 aliphatic carbocycles. The van der Waals surface area contributed by atoms with Gasteiger partial charge >= 0.3 is 0 Å². The normalized spacial score (nSPS) is 12.2. The number of para-hydroxylation sites is 1. The van der Waals surface area contributed by atoms with Crippen LogP contribution in [-0.4, -0.2) is 11.8 Å². The van der Waals surface area contributed by atoms with Crippen LogP contribution in [0, 0.1) is 0 Å². The first-order valence-corrected chi connectivity index (χ1v) is 25.4. The van der Waals surface area contributed by atoms with Crippen LogP contribution in [0.1, 0.15) is 86.1 Å². The molecule has 0 spiro atoms. The van der Waals surface area contributed by atoms with Gasteiger partial charge in [0, 0.05) is 65.0 Å². The Labute approximate surface area is 399 Å². The van der Waals surface area contributed by atoms with Crippen molar-refractivity contribution >= 4 is 93.7 Å². The number of aromatic nitrogens is 1. The Bertz CT molecular complexity index is 3560. The fraction of sp³-hybridized carbons (Fsp3) is 0.175. The molecular weight excluding hydrogens is 828 g/mol. The number of hydrogen-bond donors (Lipinski definition) is 1. The summed E-state index contributed by atoms with van der Waals surface area (Å²) in [4.78, 5) is 0. The molecule has 0 bridgehead atoms. The maximum Gasteiger partial charge on any atom is 0.197 e. The van der Waals surface area contributed by atoms with Crippen LogP contribution in [0.3, 0.4) is 0 Å². The van der Waals surface area contributed by atoms with E-state index in [1.54, 1.807) is 0 Å². The van der Waals surface area contributed by atoms with Crippen molar-refractivity contribution in [2.24, 2.45) is 0 Å². The van der Waals surface area contributed by atoms with Gasteiger partial charge < -0.3 is 9.88 Å². The highest BCUT2D eigenvalue weighted by molar-refractivity contribution is 7.26. The Morgan fingerprint density at radius 3 is 1.96 bits per heavy atom. The molecule has 67 heavy (non-hydrogen) atoms. The van der Waals surface area contributed by atoms with Crippen molar-refractivity contribution in [2.75, 3.05) is 5.32 Å². The zero-order chi connectivity index (χ0) is 44.8. The van der Waals surface area contributed by atoms with E-state index < -0.39 is 0 Å². The zero-order valence-electron chi connectivity index (χ0n) is 38.5. The molecule has 1 aliphatic rings. The first kappa shape index (κ1) is 41.5. The first-order chi connectivity index (χ1) is 33.1. The predicted octanol–water partition coefficient (Wildman–Crippen LogP) is 16.3. The van der Waals surface area contributed by atoms with E-state index in [0.29, 0.717) is 0 Å². The minimum atomic E-state index is -0.00659. The average molecular weight is 882 g/mol. The lowest BCUT2D eigenvalue weighted by Gasteiger charge is -2.28. The molecule has 0 saturated heterocycles. The van der Waals surface area contributed by atoms with Crippen molar-refractivity contribution in [3.8, 4) is 16.8 Å². The summed E-state index contributed by atoms with van der Waals surface area (Å²) in [7, 11) is 2.52. The van der Waals surface area contributed by atoms with Gasteiger partial charge in [-0.3, -0.25) is 0 Å². The summed E-state index contributed by atoms with van der Waals surface area (Å²) in [6, 6.07) is 69.0. The van der Waals surface area contributed by atoms with Crippen LogP contribution in [0.2, 0.25) is 0 Å². The van der Waals surface area contributed by atoms with Crippen LogP contribution in [0.25, 0.3) is 69.6 Å². The Morgan fingerprint density at radius 2 is 1.21 bits per heavy atom. The van der Waals surface area contributed by atoms with Gasteiger partial charge in [0.1, 0.15) is 0 Å². The van der Waals surface area contributed by atoms with E-state index in [2.05, 4.69) is 213 Å². The number of aryl methyl sites for hydroxylation is 2. The maximum atomic E-state index is 4.07. The number of nitrogens with zero attached hydrogens (tertiary/aromatic N) is 1. The number of anilines is 2. The topological polar surface area (TPSA) is 17.0 Å². The van der Waals surface area contributed by atoms with Gasteiger partial charge in [-0.15, -0.1) is 11.3 Å². The number of unbranched alkanes of at least 4 members (excludes halogenated alkanes) is 4. The van der Waals surface area contributed by atoms with Crippen LogP contribution in [0.4, 0.5) is 11.4 Å². The third-order valence-electron chi connectivity index (χ3n) is 14.4. The average Bonchev–Trinajstić information content (AvgIpc) is 3.92. The monoisotopic (exact) mass is 881 g/mol. The SMILES string of the molecule is CCCCCc1ccc(Nc2cc3c(cc2-c2cc(C(c4ccccc4)c4ccccc4)c4c5ccccc5n5c4c2[B]c2cc(CCCCC)ccc2-5)sc2ccc4ccccc4c23)cc1.